The lowest BCUT2D eigenvalue weighted by atomic mass is 10.1. The molecule has 0 unspecified atom stereocenters. The van der Waals surface area contributed by atoms with E-state index in [1.165, 1.54) is 61.0 Å². The van der Waals surface area contributed by atoms with Crippen LogP contribution in [-0.4, -0.2) is 26.2 Å². The Bertz CT molecular complexity index is 1340. The number of piperazine rings is 1. The average Bonchev–Trinajstić information content (AvgIpc) is 3.08. The average molecular weight is 587 g/mol. The summed E-state index contributed by atoms with van der Waals surface area (Å²) in [4.78, 5) is 4.87. The monoisotopic (exact) mass is 586 g/mol. The molecule has 6 heteroatoms. The van der Waals surface area contributed by atoms with Crippen LogP contribution in [0.25, 0.3) is 0 Å². The van der Waals surface area contributed by atoms with Gasteiger partial charge in [-0.05, 0) is 110 Å². The predicted molar refractivity (Wildman–Crippen MR) is 185 cm³/mol. The molecule has 0 aliphatic carbocycles. The first kappa shape index (κ1) is 31.1. The highest BCUT2D eigenvalue weighted by Gasteiger charge is 2.17. The number of nitrogens with zero attached hydrogens (tertiary/aromatic N) is 6. The molecule has 4 aromatic rings. The summed E-state index contributed by atoms with van der Waals surface area (Å²) in [5.41, 5.74) is 8.72. The van der Waals surface area contributed by atoms with Crippen molar-refractivity contribution in [3.8, 4) is 0 Å². The molecule has 0 atom stereocenters. The largest absolute Gasteiger partial charge is 0.368 e. The van der Waals surface area contributed by atoms with Crippen molar-refractivity contribution in [2.24, 2.45) is 20.5 Å². The van der Waals surface area contributed by atoms with Gasteiger partial charge in [0.2, 0.25) is 0 Å². The molecule has 1 fully saturated rings. The second-order valence-electron chi connectivity index (χ2n) is 11.7. The van der Waals surface area contributed by atoms with Crippen LogP contribution < -0.4 is 9.80 Å². The van der Waals surface area contributed by atoms with Gasteiger partial charge in [-0.1, -0.05) is 63.8 Å². The fraction of sp³-hybridized carbons (Fsp3) is 0.368. The van der Waals surface area contributed by atoms with Crippen LogP contribution in [-0.2, 0) is 12.8 Å². The Hall–Kier alpha value is -4.32. The molecule has 0 saturated carbocycles. The topological polar surface area (TPSA) is 55.9 Å². The van der Waals surface area contributed by atoms with Gasteiger partial charge in [-0.2, -0.15) is 20.5 Å². The highest BCUT2D eigenvalue weighted by atomic mass is 15.3. The quantitative estimate of drug-likeness (QED) is 0.109. The molecule has 6 nitrogen and oxygen atoms in total. The highest BCUT2D eigenvalue weighted by molar-refractivity contribution is 5.57. The molecule has 1 aliphatic rings. The van der Waals surface area contributed by atoms with Gasteiger partial charge >= 0.3 is 0 Å². The molecule has 0 spiro atoms. The number of aryl methyl sites for hydroxylation is 2. The Morgan fingerprint density at radius 3 is 1.00 bits per heavy atom. The van der Waals surface area contributed by atoms with Gasteiger partial charge in [0.25, 0.3) is 0 Å². The Morgan fingerprint density at radius 2 is 0.705 bits per heavy atom. The SMILES string of the molecule is CCCCCc1ccc(N=Nc2ccc(N3CCN(c4ccc(N=Nc5ccc(CCCCC)cc5)cc4)CC3)cc2)cc1. The molecule has 5 rings (SSSR count). The Labute approximate surface area is 263 Å². The van der Waals surface area contributed by atoms with E-state index in [2.05, 4.69) is 141 Å². The standard InChI is InChI=1S/C38H46N6/c1-3-5-7-9-31-11-15-33(16-12-31)39-41-35-19-23-37(24-20-35)43-27-29-44(30-28-43)38-25-21-36(22-26-38)42-40-34-17-13-32(14-18-34)10-8-6-4-2/h11-26H,3-10,27-30H2,1-2H3. The van der Waals surface area contributed by atoms with Gasteiger partial charge in [0.15, 0.2) is 0 Å². The molecule has 0 bridgehead atoms. The second kappa shape index (κ2) is 16.5. The maximum atomic E-state index is 4.46. The maximum Gasteiger partial charge on any atom is 0.0858 e. The Morgan fingerprint density at radius 1 is 0.409 bits per heavy atom. The fourth-order valence-electron chi connectivity index (χ4n) is 5.53. The highest BCUT2D eigenvalue weighted by Crippen LogP contribution is 2.27. The van der Waals surface area contributed by atoms with Crippen molar-refractivity contribution in [2.45, 2.75) is 65.2 Å². The van der Waals surface area contributed by atoms with Crippen molar-refractivity contribution >= 4 is 34.1 Å². The van der Waals surface area contributed by atoms with E-state index < -0.39 is 0 Å². The lowest BCUT2D eigenvalue weighted by Crippen LogP contribution is -2.46. The number of benzene rings is 4. The molecule has 44 heavy (non-hydrogen) atoms. The third-order valence-corrected chi connectivity index (χ3v) is 8.28. The third kappa shape index (κ3) is 9.34. The summed E-state index contributed by atoms with van der Waals surface area (Å²) in [5.74, 6) is 0. The van der Waals surface area contributed by atoms with E-state index >= 15 is 0 Å². The van der Waals surface area contributed by atoms with E-state index in [0.29, 0.717) is 0 Å². The Kier molecular flexibility index (Phi) is 11.7. The minimum absolute atomic E-state index is 0.871. The molecule has 0 aromatic heterocycles. The van der Waals surface area contributed by atoms with Crippen LogP contribution in [0.4, 0.5) is 34.1 Å². The smallest absolute Gasteiger partial charge is 0.0858 e. The minimum atomic E-state index is 0.871. The van der Waals surface area contributed by atoms with Gasteiger partial charge in [0.1, 0.15) is 0 Å². The number of hydrogen-bond acceptors (Lipinski definition) is 6. The molecule has 1 saturated heterocycles. The van der Waals surface area contributed by atoms with Crippen molar-refractivity contribution in [3.63, 3.8) is 0 Å². The minimum Gasteiger partial charge on any atom is -0.368 e. The van der Waals surface area contributed by atoms with Crippen LogP contribution in [0.5, 0.6) is 0 Å². The summed E-state index contributed by atoms with van der Waals surface area (Å²) in [5, 5.41) is 17.8. The zero-order valence-electron chi connectivity index (χ0n) is 26.4. The predicted octanol–water partition coefficient (Wildman–Crippen LogP) is 11.3. The van der Waals surface area contributed by atoms with Crippen LogP contribution in [0, 0.1) is 0 Å². The lowest BCUT2D eigenvalue weighted by Gasteiger charge is -2.37. The zero-order chi connectivity index (χ0) is 30.4. The molecular formula is C38H46N6. The molecule has 1 aliphatic heterocycles. The van der Waals surface area contributed by atoms with Crippen LogP contribution >= 0.6 is 0 Å². The van der Waals surface area contributed by atoms with Gasteiger partial charge in [0.05, 0.1) is 22.7 Å². The second-order valence-corrected chi connectivity index (χ2v) is 11.7. The maximum absolute atomic E-state index is 4.46. The van der Waals surface area contributed by atoms with Gasteiger partial charge in [-0.15, -0.1) is 0 Å². The van der Waals surface area contributed by atoms with E-state index in [0.717, 1.165) is 61.8 Å². The van der Waals surface area contributed by atoms with E-state index in [9.17, 15) is 0 Å². The molecule has 0 amide bonds. The van der Waals surface area contributed by atoms with E-state index in [4.69, 9.17) is 0 Å². The van der Waals surface area contributed by atoms with Crippen molar-refractivity contribution < 1.29 is 0 Å². The molecular weight excluding hydrogens is 540 g/mol. The van der Waals surface area contributed by atoms with Crippen molar-refractivity contribution in [3.05, 3.63) is 108 Å². The molecule has 1 heterocycles. The summed E-state index contributed by atoms with van der Waals surface area (Å²) in [6, 6.07) is 33.8. The first-order valence-corrected chi connectivity index (χ1v) is 16.4. The third-order valence-electron chi connectivity index (χ3n) is 8.28. The number of anilines is 2. The van der Waals surface area contributed by atoms with Crippen LogP contribution in [0.3, 0.4) is 0 Å². The van der Waals surface area contributed by atoms with E-state index in [-0.39, 0.29) is 0 Å². The fourth-order valence-corrected chi connectivity index (χ4v) is 5.53. The first-order chi connectivity index (χ1) is 21.7. The lowest BCUT2D eigenvalue weighted by molar-refractivity contribution is 0.653. The zero-order valence-corrected chi connectivity index (χ0v) is 26.4. The molecule has 0 N–H and O–H groups in total. The summed E-state index contributed by atoms with van der Waals surface area (Å²) >= 11 is 0. The number of unbranched alkanes of at least 4 members (excludes halogenated alkanes) is 4. The van der Waals surface area contributed by atoms with Gasteiger partial charge in [-0.3, -0.25) is 0 Å². The van der Waals surface area contributed by atoms with Crippen molar-refractivity contribution in [1.82, 2.24) is 0 Å². The number of azo groups is 2. The van der Waals surface area contributed by atoms with Gasteiger partial charge < -0.3 is 9.80 Å². The number of hydrogen-bond donors (Lipinski definition) is 0. The summed E-state index contributed by atoms with van der Waals surface area (Å²) in [6.45, 7) is 8.37. The first-order valence-electron chi connectivity index (χ1n) is 16.4. The summed E-state index contributed by atoms with van der Waals surface area (Å²) in [6.07, 6.45) is 9.82. The molecule has 4 aromatic carbocycles. The normalized spacial score (nSPS) is 13.8. The molecule has 228 valence electrons. The van der Waals surface area contributed by atoms with Crippen molar-refractivity contribution in [1.29, 1.82) is 0 Å². The Balaban J connectivity index is 1.07. The van der Waals surface area contributed by atoms with E-state index in [1.54, 1.807) is 0 Å². The van der Waals surface area contributed by atoms with Gasteiger partial charge in [-0.25, -0.2) is 0 Å². The summed E-state index contributed by atoms with van der Waals surface area (Å²) in [7, 11) is 0. The van der Waals surface area contributed by atoms with Gasteiger partial charge in [0, 0.05) is 37.6 Å². The summed E-state index contributed by atoms with van der Waals surface area (Å²) < 4.78 is 0. The number of rotatable bonds is 14. The molecule has 0 radical (unpaired) electrons. The van der Waals surface area contributed by atoms with Crippen molar-refractivity contribution in [2.75, 3.05) is 36.0 Å². The van der Waals surface area contributed by atoms with Crippen LogP contribution in [0.15, 0.2) is 118 Å². The van der Waals surface area contributed by atoms with Crippen LogP contribution in [0.1, 0.15) is 63.5 Å². The van der Waals surface area contributed by atoms with E-state index in [1.807, 2.05) is 0 Å². The van der Waals surface area contributed by atoms with Crippen LogP contribution in [0.2, 0.25) is 0 Å².